The quantitative estimate of drug-likeness (QED) is 0.428. The van der Waals surface area contributed by atoms with Crippen LogP contribution in [-0.4, -0.2) is 37.5 Å². The predicted molar refractivity (Wildman–Crippen MR) is 113 cm³/mol. The lowest BCUT2D eigenvalue weighted by molar-refractivity contribution is -0.387. The lowest BCUT2D eigenvalue weighted by Crippen LogP contribution is -2.25. The summed E-state index contributed by atoms with van der Waals surface area (Å²) in [5.74, 6) is -0.638. The maximum Gasteiger partial charge on any atom is 0.284 e. The van der Waals surface area contributed by atoms with Crippen molar-refractivity contribution in [1.82, 2.24) is 20.1 Å². The van der Waals surface area contributed by atoms with Crippen molar-refractivity contribution in [3.63, 3.8) is 0 Å². The molecule has 0 bridgehead atoms. The number of carbonyl (C=O) groups is 2. The Labute approximate surface area is 181 Å². The second-order valence-electron chi connectivity index (χ2n) is 7.05. The minimum atomic E-state index is -0.539. The number of hydrogen-bond acceptors (Lipinski definition) is 7. The summed E-state index contributed by atoms with van der Waals surface area (Å²) in [6.07, 6.45) is 3.50. The molecular weight excluding hydrogens is 420 g/mol. The third-order valence-corrected chi connectivity index (χ3v) is 5.72. The number of hydrogen-bond donors (Lipinski definition) is 2. The van der Waals surface area contributed by atoms with Gasteiger partial charge in [0.2, 0.25) is 0 Å². The van der Waals surface area contributed by atoms with Gasteiger partial charge in [0.05, 0.1) is 9.82 Å². The SMILES string of the molecule is Cn1cnnc1Sc1ccc(C(=O)Nc2ccc(C(=O)NC3CC3)cc2)cc1[N+](=O)[O-]. The molecule has 0 aliphatic heterocycles. The molecule has 31 heavy (non-hydrogen) atoms. The number of carbonyl (C=O) groups excluding carboxylic acids is 2. The van der Waals surface area contributed by atoms with E-state index in [4.69, 9.17) is 0 Å². The van der Waals surface area contributed by atoms with Crippen molar-refractivity contribution in [3.8, 4) is 0 Å². The minimum Gasteiger partial charge on any atom is -0.349 e. The lowest BCUT2D eigenvalue weighted by atomic mass is 10.1. The van der Waals surface area contributed by atoms with Crippen molar-refractivity contribution < 1.29 is 14.5 Å². The van der Waals surface area contributed by atoms with Gasteiger partial charge in [-0.1, -0.05) is 0 Å². The number of nitro groups is 1. The van der Waals surface area contributed by atoms with Crippen LogP contribution >= 0.6 is 11.8 Å². The van der Waals surface area contributed by atoms with Gasteiger partial charge in [-0.25, -0.2) is 0 Å². The summed E-state index contributed by atoms with van der Waals surface area (Å²) in [7, 11) is 1.73. The average molecular weight is 438 g/mol. The van der Waals surface area contributed by atoms with Crippen molar-refractivity contribution >= 4 is 35.0 Å². The first-order chi connectivity index (χ1) is 14.9. The first-order valence-corrected chi connectivity index (χ1v) is 10.2. The molecule has 2 amide bonds. The number of anilines is 1. The Balaban J connectivity index is 1.47. The predicted octanol–water partition coefficient (Wildman–Crippen LogP) is 3.02. The van der Waals surface area contributed by atoms with Gasteiger partial charge >= 0.3 is 0 Å². The van der Waals surface area contributed by atoms with Crippen LogP contribution in [0.3, 0.4) is 0 Å². The third kappa shape index (κ3) is 4.89. The Kier molecular flexibility index (Phi) is 5.67. The molecule has 1 heterocycles. The molecule has 1 aliphatic rings. The maximum atomic E-state index is 12.6. The molecule has 0 saturated heterocycles. The fraction of sp³-hybridized carbons (Fsp3) is 0.200. The van der Waals surface area contributed by atoms with E-state index in [2.05, 4.69) is 20.8 Å². The number of rotatable bonds is 7. The van der Waals surface area contributed by atoms with Crippen molar-refractivity contribution in [1.29, 1.82) is 0 Å². The van der Waals surface area contributed by atoms with Crippen LogP contribution in [0.4, 0.5) is 11.4 Å². The van der Waals surface area contributed by atoms with Crippen LogP contribution in [0.5, 0.6) is 0 Å². The Morgan fingerprint density at radius 1 is 1.13 bits per heavy atom. The van der Waals surface area contributed by atoms with Crippen molar-refractivity contribution in [2.75, 3.05) is 5.32 Å². The summed E-state index contributed by atoms with van der Waals surface area (Å²) >= 11 is 1.09. The van der Waals surface area contributed by atoms with E-state index in [0.717, 1.165) is 24.6 Å². The summed E-state index contributed by atoms with van der Waals surface area (Å²) in [6.45, 7) is 0. The molecule has 1 fully saturated rings. The standard InChI is InChI=1S/C20H18N6O4S/c1-25-11-21-24-20(25)31-17-9-4-13(10-16(17)26(29)30)19(28)23-14-5-2-12(3-6-14)18(27)22-15-7-8-15/h2-6,9-11,15H,7-8H2,1H3,(H,22,27)(H,23,28). The van der Waals surface area contributed by atoms with Crippen LogP contribution in [0.1, 0.15) is 33.6 Å². The van der Waals surface area contributed by atoms with E-state index in [-0.39, 0.29) is 23.2 Å². The molecule has 2 N–H and O–H groups in total. The normalized spacial score (nSPS) is 12.9. The summed E-state index contributed by atoms with van der Waals surface area (Å²) in [5, 5.41) is 25.3. The number of benzene rings is 2. The minimum absolute atomic E-state index is 0.143. The Hall–Kier alpha value is -3.73. The Bertz CT molecular complexity index is 1160. The fourth-order valence-electron chi connectivity index (χ4n) is 2.76. The van der Waals surface area contributed by atoms with E-state index >= 15 is 0 Å². The fourth-order valence-corrected chi connectivity index (χ4v) is 3.61. The highest BCUT2D eigenvalue weighted by Gasteiger charge is 2.24. The number of nitrogens with one attached hydrogen (secondary N) is 2. The van der Waals surface area contributed by atoms with Gasteiger partial charge in [0.15, 0.2) is 5.16 Å². The number of aryl methyl sites for hydroxylation is 1. The van der Waals surface area contributed by atoms with Gasteiger partial charge in [-0.2, -0.15) is 0 Å². The number of nitro benzene ring substituents is 1. The second kappa shape index (κ2) is 8.56. The van der Waals surface area contributed by atoms with E-state index in [1.54, 1.807) is 35.9 Å². The van der Waals surface area contributed by atoms with E-state index in [1.165, 1.54) is 24.5 Å². The maximum absolute atomic E-state index is 12.6. The highest BCUT2D eigenvalue weighted by atomic mass is 32.2. The van der Waals surface area contributed by atoms with Crippen LogP contribution in [0.25, 0.3) is 0 Å². The Morgan fingerprint density at radius 2 is 1.84 bits per heavy atom. The largest absolute Gasteiger partial charge is 0.349 e. The molecule has 1 aromatic heterocycles. The monoisotopic (exact) mass is 438 g/mol. The molecule has 0 atom stereocenters. The van der Waals surface area contributed by atoms with Crippen molar-refractivity contribution in [2.24, 2.45) is 7.05 Å². The number of nitrogens with zero attached hydrogens (tertiary/aromatic N) is 4. The van der Waals surface area contributed by atoms with Gasteiger partial charge < -0.3 is 15.2 Å². The lowest BCUT2D eigenvalue weighted by Gasteiger charge is -2.08. The second-order valence-corrected chi connectivity index (χ2v) is 8.05. The highest BCUT2D eigenvalue weighted by Crippen LogP contribution is 2.34. The molecule has 1 aliphatic carbocycles. The highest BCUT2D eigenvalue weighted by molar-refractivity contribution is 7.99. The van der Waals surface area contributed by atoms with Crippen LogP contribution in [0, 0.1) is 10.1 Å². The van der Waals surface area contributed by atoms with Gasteiger partial charge in [-0.15, -0.1) is 10.2 Å². The zero-order valence-corrected chi connectivity index (χ0v) is 17.3. The summed E-state index contributed by atoms with van der Waals surface area (Å²) in [6, 6.07) is 11.0. The summed E-state index contributed by atoms with van der Waals surface area (Å²) in [4.78, 5) is 36.0. The number of aromatic nitrogens is 3. The van der Waals surface area contributed by atoms with Gasteiger partial charge in [-0.05, 0) is 61.0 Å². The molecular formula is C20H18N6O4S. The molecule has 2 aromatic carbocycles. The summed E-state index contributed by atoms with van der Waals surface area (Å²) in [5.41, 5.74) is 0.927. The third-order valence-electron chi connectivity index (χ3n) is 4.61. The van der Waals surface area contributed by atoms with E-state index < -0.39 is 10.8 Å². The summed E-state index contributed by atoms with van der Waals surface area (Å²) < 4.78 is 1.64. The first kappa shape index (κ1) is 20.5. The van der Waals surface area contributed by atoms with Crippen molar-refractivity contribution in [3.05, 3.63) is 70.0 Å². The average Bonchev–Trinajstić information content (AvgIpc) is 3.48. The zero-order chi connectivity index (χ0) is 22.0. The van der Waals surface area contributed by atoms with Gasteiger partial charge in [-0.3, -0.25) is 19.7 Å². The van der Waals surface area contributed by atoms with E-state index in [1.807, 2.05) is 0 Å². The Morgan fingerprint density at radius 3 is 2.45 bits per heavy atom. The molecule has 158 valence electrons. The molecule has 0 unspecified atom stereocenters. The zero-order valence-electron chi connectivity index (χ0n) is 16.4. The molecule has 10 nitrogen and oxygen atoms in total. The first-order valence-electron chi connectivity index (χ1n) is 9.43. The molecule has 11 heteroatoms. The molecule has 0 radical (unpaired) electrons. The van der Waals surface area contributed by atoms with Crippen molar-refractivity contribution in [2.45, 2.75) is 28.9 Å². The van der Waals surface area contributed by atoms with Crippen LogP contribution in [0.2, 0.25) is 0 Å². The van der Waals surface area contributed by atoms with Crippen LogP contribution in [0.15, 0.2) is 58.8 Å². The smallest absolute Gasteiger partial charge is 0.284 e. The van der Waals surface area contributed by atoms with Gasteiger partial charge in [0, 0.05) is 36.0 Å². The van der Waals surface area contributed by atoms with E-state index in [0.29, 0.717) is 21.3 Å². The molecule has 4 rings (SSSR count). The number of amides is 2. The van der Waals surface area contributed by atoms with Gasteiger partial charge in [0.1, 0.15) is 6.33 Å². The van der Waals surface area contributed by atoms with E-state index in [9.17, 15) is 19.7 Å². The molecule has 1 saturated carbocycles. The molecule has 3 aromatic rings. The topological polar surface area (TPSA) is 132 Å². The van der Waals surface area contributed by atoms with Crippen LogP contribution < -0.4 is 10.6 Å². The van der Waals surface area contributed by atoms with Crippen LogP contribution in [-0.2, 0) is 7.05 Å². The molecule has 0 spiro atoms. The van der Waals surface area contributed by atoms with Gasteiger partial charge in [0.25, 0.3) is 17.5 Å².